The van der Waals surface area contributed by atoms with Crippen molar-refractivity contribution < 1.29 is 9.59 Å². The summed E-state index contributed by atoms with van der Waals surface area (Å²) in [5.74, 6) is 0.133. The first-order valence-corrected chi connectivity index (χ1v) is 13.1. The number of halogens is 1. The molecular formula is C27H34BrN3O2. The number of nitrogens with zero attached hydrogens (tertiary/aromatic N) is 2. The van der Waals surface area contributed by atoms with Crippen molar-refractivity contribution in [2.24, 2.45) is 0 Å². The van der Waals surface area contributed by atoms with Gasteiger partial charge in [-0.2, -0.15) is 0 Å². The summed E-state index contributed by atoms with van der Waals surface area (Å²) in [5, 5.41) is 3.18. The molecule has 0 spiro atoms. The van der Waals surface area contributed by atoms with Gasteiger partial charge in [0.25, 0.3) is 11.8 Å². The highest BCUT2D eigenvalue weighted by atomic mass is 79.9. The Hall–Kier alpha value is -2.34. The Morgan fingerprint density at radius 1 is 0.970 bits per heavy atom. The van der Waals surface area contributed by atoms with Crippen molar-refractivity contribution in [3.63, 3.8) is 0 Å². The molecule has 2 aromatic carbocycles. The number of anilines is 1. The van der Waals surface area contributed by atoms with E-state index in [4.69, 9.17) is 0 Å². The molecule has 1 N–H and O–H groups in total. The van der Waals surface area contributed by atoms with Crippen LogP contribution in [0.4, 0.5) is 5.69 Å². The van der Waals surface area contributed by atoms with Crippen LogP contribution < -0.4 is 10.2 Å². The summed E-state index contributed by atoms with van der Waals surface area (Å²) in [6.45, 7) is 4.49. The SMILES string of the molecule is CCN(C(=O)c1ccccc1N1CCC(NC(=O)c2ccc(Br)cc2)CC1)C1CCCCC1. The molecule has 1 aliphatic heterocycles. The number of piperidine rings is 1. The van der Waals surface area contributed by atoms with Gasteiger partial charge in [-0.25, -0.2) is 0 Å². The third-order valence-electron chi connectivity index (χ3n) is 7.03. The summed E-state index contributed by atoms with van der Waals surface area (Å²) < 4.78 is 0.964. The molecule has 2 aromatic rings. The van der Waals surface area contributed by atoms with Crippen molar-refractivity contribution in [1.29, 1.82) is 0 Å². The van der Waals surface area contributed by atoms with Crippen LogP contribution in [0.25, 0.3) is 0 Å². The van der Waals surface area contributed by atoms with E-state index in [1.165, 1.54) is 19.3 Å². The zero-order chi connectivity index (χ0) is 23.2. The number of benzene rings is 2. The predicted octanol–water partition coefficient (Wildman–Crippen LogP) is 5.64. The molecule has 6 heteroatoms. The molecule has 0 aromatic heterocycles. The van der Waals surface area contributed by atoms with E-state index >= 15 is 0 Å². The smallest absolute Gasteiger partial charge is 0.256 e. The number of rotatable bonds is 6. The van der Waals surface area contributed by atoms with Crippen LogP contribution in [-0.4, -0.2) is 48.4 Å². The topological polar surface area (TPSA) is 52.7 Å². The highest BCUT2D eigenvalue weighted by Gasteiger charge is 2.29. The molecule has 1 saturated heterocycles. The third-order valence-corrected chi connectivity index (χ3v) is 7.56. The predicted molar refractivity (Wildman–Crippen MR) is 137 cm³/mol. The van der Waals surface area contributed by atoms with E-state index in [1.807, 2.05) is 42.5 Å². The standard InChI is InChI=1S/C27H34BrN3O2/c1-2-31(23-8-4-3-5-9-23)27(33)24-10-6-7-11-25(24)30-18-16-22(17-19-30)29-26(32)20-12-14-21(28)15-13-20/h6-7,10-15,22-23H,2-5,8-9,16-19H2,1H3,(H,29,32). The largest absolute Gasteiger partial charge is 0.371 e. The molecule has 2 amide bonds. The van der Waals surface area contributed by atoms with Crippen molar-refractivity contribution in [2.75, 3.05) is 24.5 Å². The average molecular weight is 512 g/mol. The van der Waals surface area contributed by atoms with Crippen molar-refractivity contribution in [3.05, 3.63) is 64.1 Å². The van der Waals surface area contributed by atoms with Gasteiger partial charge >= 0.3 is 0 Å². The van der Waals surface area contributed by atoms with Crippen molar-refractivity contribution >= 4 is 33.4 Å². The highest BCUT2D eigenvalue weighted by Crippen LogP contribution is 2.29. The Labute approximate surface area is 205 Å². The minimum Gasteiger partial charge on any atom is -0.371 e. The molecular weight excluding hydrogens is 478 g/mol. The number of amides is 2. The lowest BCUT2D eigenvalue weighted by molar-refractivity contribution is 0.0648. The fourth-order valence-corrected chi connectivity index (χ4v) is 5.44. The zero-order valence-electron chi connectivity index (χ0n) is 19.4. The second-order valence-corrected chi connectivity index (χ2v) is 10.1. The first-order chi connectivity index (χ1) is 16.1. The molecule has 176 valence electrons. The lowest BCUT2D eigenvalue weighted by Gasteiger charge is -2.37. The molecule has 0 atom stereocenters. The second-order valence-electron chi connectivity index (χ2n) is 9.14. The number of hydrogen-bond acceptors (Lipinski definition) is 3. The lowest BCUT2D eigenvalue weighted by atomic mass is 9.93. The normalized spacial score (nSPS) is 17.6. The molecule has 0 bridgehead atoms. The van der Waals surface area contributed by atoms with E-state index in [2.05, 4.69) is 44.0 Å². The van der Waals surface area contributed by atoms with Crippen molar-refractivity contribution in [1.82, 2.24) is 10.2 Å². The summed E-state index contributed by atoms with van der Waals surface area (Å²) in [5.41, 5.74) is 2.51. The van der Waals surface area contributed by atoms with Crippen LogP contribution in [0.15, 0.2) is 53.0 Å². The number of carbonyl (C=O) groups is 2. The number of carbonyl (C=O) groups excluding carboxylic acids is 2. The Kier molecular flexibility index (Phi) is 8.07. The maximum atomic E-state index is 13.6. The lowest BCUT2D eigenvalue weighted by Crippen LogP contribution is -2.46. The van der Waals surface area contributed by atoms with E-state index in [9.17, 15) is 9.59 Å². The fourth-order valence-electron chi connectivity index (χ4n) is 5.18. The minimum atomic E-state index is -0.0254. The van der Waals surface area contributed by atoms with E-state index in [0.717, 1.165) is 61.0 Å². The van der Waals surface area contributed by atoms with Gasteiger partial charge in [-0.15, -0.1) is 0 Å². The van der Waals surface area contributed by atoms with Crippen LogP contribution in [0, 0.1) is 0 Å². The van der Waals surface area contributed by atoms with Crippen LogP contribution in [0.2, 0.25) is 0 Å². The zero-order valence-corrected chi connectivity index (χ0v) is 21.0. The van der Waals surface area contributed by atoms with Gasteiger partial charge in [0.05, 0.1) is 5.56 Å². The molecule has 5 nitrogen and oxygen atoms in total. The molecule has 4 rings (SSSR count). The van der Waals surface area contributed by atoms with Crippen LogP contribution in [-0.2, 0) is 0 Å². The maximum Gasteiger partial charge on any atom is 0.256 e. The Morgan fingerprint density at radius 2 is 1.64 bits per heavy atom. The Morgan fingerprint density at radius 3 is 2.30 bits per heavy atom. The molecule has 33 heavy (non-hydrogen) atoms. The summed E-state index contributed by atoms with van der Waals surface area (Å²) in [7, 11) is 0. The first-order valence-electron chi connectivity index (χ1n) is 12.3. The summed E-state index contributed by atoms with van der Waals surface area (Å²) in [6, 6.07) is 16.0. The Balaban J connectivity index is 1.40. The number of nitrogens with one attached hydrogen (secondary N) is 1. The van der Waals surface area contributed by atoms with Gasteiger partial charge in [0.15, 0.2) is 0 Å². The molecule has 1 heterocycles. The Bertz CT molecular complexity index is 948. The molecule has 1 saturated carbocycles. The van der Waals surface area contributed by atoms with Crippen LogP contribution in [0.1, 0.15) is 72.6 Å². The molecule has 0 radical (unpaired) electrons. The minimum absolute atomic E-state index is 0.0254. The molecule has 1 aliphatic carbocycles. The van der Waals surface area contributed by atoms with Crippen LogP contribution in [0.3, 0.4) is 0 Å². The fraction of sp³-hybridized carbons (Fsp3) is 0.481. The van der Waals surface area contributed by atoms with Gasteiger partial charge < -0.3 is 15.1 Å². The van der Waals surface area contributed by atoms with Gasteiger partial charge in [-0.1, -0.05) is 47.3 Å². The van der Waals surface area contributed by atoms with Gasteiger partial charge in [0.1, 0.15) is 0 Å². The van der Waals surface area contributed by atoms with Crippen LogP contribution in [0.5, 0.6) is 0 Å². The summed E-state index contributed by atoms with van der Waals surface area (Å²) in [4.78, 5) is 30.6. The maximum absolute atomic E-state index is 13.6. The quantitative estimate of drug-likeness (QED) is 0.545. The van der Waals surface area contributed by atoms with E-state index in [0.29, 0.717) is 11.6 Å². The van der Waals surface area contributed by atoms with E-state index < -0.39 is 0 Å². The molecule has 0 unspecified atom stereocenters. The number of para-hydroxylation sites is 1. The van der Waals surface area contributed by atoms with E-state index in [-0.39, 0.29) is 17.9 Å². The van der Waals surface area contributed by atoms with E-state index in [1.54, 1.807) is 0 Å². The van der Waals surface area contributed by atoms with Gasteiger partial charge in [0.2, 0.25) is 0 Å². The van der Waals surface area contributed by atoms with Crippen molar-refractivity contribution in [2.45, 2.75) is 64.0 Å². The van der Waals surface area contributed by atoms with Crippen LogP contribution >= 0.6 is 15.9 Å². The van der Waals surface area contributed by atoms with Crippen molar-refractivity contribution in [3.8, 4) is 0 Å². The summed E-state index contributed by atoms with van der Waals surface area (Å²) in [6.07, 6.45) is 7.68. The first kappa shape index (κ1) is 23.8. The van der Waals surface area contributed by atoms with Gasteiger partial charge in [0, 0.05) is 47.4 Å². The summed E-state index contributed by atoms with van der Waals surface area (Å²) >= 11 is 3.41. The van der Waals surface area contributed by atoms with Gasteiger partial charge in [-0.05, 0) is 69.0 Å². The number of hydrogen-bond donors (Lipinski definition) is 1. The monoisotopic (exact) mass is 511 g/mol. The molecule has 2 fully saturated rings. The third kappa shape index (κ3) is 5.78. The highest BCUT2D eigenvalue weighted by molar-refractivity contribution is 9.10. The second kappa shape index (κ2) is 11.2. The molecule has 2 aliphatic rings. The average Bonchev–Trinajstić information content (AvgIpc) is 2.86. The van der Waals surface area contributed by atoms with Gasteiger partial charge in [-0.3, -0.25) is 9.59 Å².